The van der Waals surface area contributed by atoms with E-state index in [1.165, 1.54) is 12.8 Å². The molecule has 0 radical (unpaired) electrons. The van der Waals surface area contributed by atoms with Crippen molar-refractivity contribution in [3.63, 3.8) is 0 Å². The van der Waals surface area contributed by atoms with Crippen molar-refractivity contribution >= 4 is 11.7 Å². The van der Waals surface area contributed by atoms with Crippen LogP contribution in [-0.2, 0) is 0 Å². The Bertz CT molecular complexity index is 1070. The number of hydrogen-bond donors (Lipinski definition) is 1. The van der Waals surface area contributed by atoms with Crippen molar-refractivity contribution in [2.75, 3.05) is 11.9 Å². The van der Waals surface area contributed by atoms with E-state index in [-0.39, 0.29) is 11.9 Å². The van der Waals surface area contributed by atoms with Crippen molar-refractivity contribution in [1.82, 2.24) is 39.8 Å². The molecule has 1 atom stereocenters. The molecule has 0 aromatic carbocycles. The minimum atomic E-state index is -0.239. The van der Waals surface area contributed by atoms with Gasteiger partial charge in [0.05, 0.1) is 12.2 Å². The van der Waals surface area contributed by atoms with Crippen molar-refractivity contribution in [3.8, 4) is 11.6 Å². The molecule has 0 bridgehead atoms. The topological polar surface area (TPSA) is 107 Å². The van der Waals surface area contributed by atoms with Crippen LogP contribution in [0.1, 0.15) is 67.8 Å². The van der Waals surface area contributed by atoms with E-state index in [1.54, 1.807) is 36.5 Å². The molecule has 2 aliphatic rings. The molecule has 1 amide bonds. The molecule has 1 N–H and O–H groups in total. The predicted octanol–water partition coefficient (Wildman–Crippen LogP) is 2.21. The van der Waals surface area contributed by atoms with Crippen molar-refractivity contribution in [2.45, 2.75) is 57.5 Å². The summed E-state index contributed by atoms with van der Waals surface area (Å²) in [7, 11) is 1.58. The first kappa shape index (κ1) is 18.7. The Morgan fingerprint density at radius 1 is 1.30 bits per heavy atom. The molecule has 4 heterocycles. The summed E-state index contributed by atoms with van der Waals surface area (Å²) in [6.07, 6.45) is 12.0. The van der Waals surface area contributed by atoms with Crippen LogP contribution in [0.25, 0.3) is 11.6 Å². The lowest BCUT2D eigenvalue weighted by Crippen LogP contribution is -2.42. The Hall–Kier alpha value is -3.30. The number of hydrogen-bond acceptors (Lipinski definition) is 7. The number of carbonyl (C=O) groups is 1. The van der Waals surface area contributed by atoms with Crippen molar-refractivity contribution in [3.05, 3.63) is 36.3 Å². The third-order valence-electron chi connectivity index (χ3n) is 5.98. The summed E-state index contributed by atoms with van der Waals surface area (Å²) in [6, 6.07) is 2.22. The summed E-state index contributed by atoms with van der Waals surface area (Å²) >= 11 is 0. The Morgan fingerprint density at radius 2 is 2.13 bits per heavy atom. The summed E-state index contributed by atoms with van der Waals surface area (Å²) in [5.41, 5.74) is 1.22. The normalized spacial score (nSPS) is 18.3. The van der Waals surface area contributed by atoms with Gasteiger partial charge in [0, 0.05) is 19.3 Å². The summed E-state index contributed by atoms with van der Waals surface area (Å²) in [4.78, 5) is 23.8. The fraction of sp³-hybridized carbons (Fsp3) is 0.500. The molecule has 10 heteroatoms. The number of nitrogens with zero attached hydrogens (tertiary/aromatic N) is 8. The van der Waals surface area contributed by atoms with Crippen LogP contribution in [0, 0.1) is 0 Å². The molecule has 0 saturated heterocycles. The standard InChI is InChI=1S/C20H25N9O/c1-3-6-15-18-25-23-12-27(18)16-11-22-20(28-10-9-14(26-28)19(30)21-2)24-17(16)29(15)13-7-4-5-8-13/h9-13,15H,3-8H2,1-2H3,(H,21,30)/t15-/m1/s1. The molecular weight excluding hydrogens is 382 g/mol. The van der Waals surface area contributed by atoms with E-state index in [0.717, 1.165) is 43.0 Å². The molecule has 1 saturated carbocycles. The largest absolute Gasteiger partial charge is 0.354 e. The minimum absolute atomic E-state index is 0.134. The number of rotatable bonds is 5. The second kappa shape index (κ2) is 7.51. The number of aromatic nitrogens is 7. The van der Waals surface area contributed by atoms with E-state index >= 15 is 0 Å². The summed E-state index contributed by atoms with van der Waals surface area (Å²) in [6.45, 7) is 2.19. The summed E-state index contributed by atoms with van der Waals surface area (Å²) in [5.74, 6) is 2.04. The zero-order chi connectivity index (χ0) is 20.7. The SMILES string of the molecule is CCC[C@@H]1c2nncn2-c2cnc(-n3ccc(C(=O)NC)n3)nc2N1C1CCCC1. The summed E-state index contributed by atoms with van der Waals surface area (Å²) in [5, 5.41) is 15.6. The number of anilines is 1. The van der Waals surface area contributed by atoms with Gasteiger partial charge in [-0.1, -0.05) is 26.2 Å². The molecule has 1 aliphatic heterocycles. The molecule has 0 unspecified atom stereocenters. The van der Waals surface area contributed by atoms with Crippen LogP contribution >= 0.6 is 0 Å². The number of fused-ring (bicyclic) bond motifs is 3. The van der Waals surface area contributed by atoms with Crippen LogP contribution in [-0.4, -0.2) is 53.5 Å². The predicted molar refractivity (Wildman–Crippen MR) is 110 cm³/mol. The molecule has 10 nitrogen and oxygen atoms in total. The average Bonchev–Trinajstić information content (AvgIpc) is 3.54. The minimum Gasteiger partial charge on any atom is -0.354 e. The van der Waals surface area contributed by atoms with Crippen LogP contribution in [0.15, 0.2) is 24.8 Å². The lowest BCUT2D eigenvalue weighted by Gasteiger charge is -2.41. The first-order valence-corrected chi connectivity index (χ1v) is 10.5. The second-order valence-electron chi connectivity index (χ2n) is 7.81. The second-order valence-corrected chi connectivity index (χ2v) is 7.81. The highest BCUT2D eigenvalue weighted by Gasteiger charge is 2.39. The highest BCUT2D eigenvalue weighted by molar-refractivity contribution is 5.91. The van der Waals surface area contributed by atoms with Crippen LogP contribution < -0.4 is 10.2 Å². The van der Waals surface area contributed by atoms with Gasteiger partial charge in [0.1, 0.15) is 12.0 Å². The van der Waals surface area contributed by atoms with Crippen molar-refractivity contribution in [2.24, 2.45) is 0 Å². The lowest BCUT2D eigenvalue weighted by atomic mass is 10.0. The lowest BCUT2D eigenvalue weighted by molar-refractivity contribution is 0.0957. The number of amides is 1. The third-order valence-corrected chi connectivity index (χ3v) is 5.98. The van der Waals surface area contributed by atoms with Gasteiger partial charge in [-0.05, 0) is 25.3 Å². The molecule has 156 valence electrons. The monoisotopic (exact) mass is 407 g/mol. The first-order valence-electron chi connectivity index (χ1n) is 10.5. The molecule has 1 fully saturated rings. The van der Waals surface area contributed by atoms with Gasteiger partial charge in [-0.15, -0.1) is 10.2 Å². The van der Waals surface area contributed by atoms with E-state index in [9.17, 15) is 4.79 Å². The zero-order valence-corrected chi connectivity index (χ0v) is 17.2. The molecule has 3 aromatic heterocycles. The van der Waals surface area contributed by atoms with Gasteiger partial charge < -0.3 is 10.2 Å². The molecular formula is C20H25N9O. The van der Waals surface area contributed by atoms with Crippen LogP contribution in [0.4, 0.5) is 5.82 Å². The van der Waals surface area contributed by atoms with Crippen LogP contribution in [0.3, 0.4) is 0 Å². The van der Waals surface area contributed by atoms with Gasteiger partial charge in [0.15, 0.2) is 17.3 Å². The maximum absolute atomic E-state index is 11.9. The third kappa shape index (κ3) is 2.94. The number of nitrogens with one attached hydrogen (secondary N) is 1. The van der Waals surface area contributed by atoms with E-state index < -0.39 is 0 Å². The molecule has 0 spiro atoms. The molecule has 5 rings (SSSR count). The van der Waals surface area contributed by atoms with E-state index in [2.05, 4.69) is 37.4 Å². The highest BCUT2D eigenvalue weighted by Crippen LogP contribution is 2.42. The van der Waals surface area contributed by atoms with Crippen molar-refractivity contribution < 1.29 is 4.79 Å². The van der Waals surface area contributed by atoms with Gasteiger partial charge >= 0.3 is 0 Å². The van der Waals surface area contributed by atoms with Crippen molar-refractivity contribution in [1.29, 1.82) is 0 Å². The fourth-order valence-electron chi connectivity index (χ4n) is 4.59. The van der Waals surface area contributed by atoms with E-state index in [4.69, 9.17) is 4.98 Å². The Balaban J connectivity index is 1.62. The smallest absolute Gasteiger partial charge is 0.271 e. The Kier molecular flexibility index (Phi) is 4.68. The van der Waals surface area contributed by atoms with E-state index in [0.29, 0.717) is 17.7 Å². The zero-order valence-electron chi connectivity index (χ0n) is 17.2. The fourth-order valence-corrected chi connectivity index (χ4v) is 4.59. The van der Waals surface area contributed by atoms with Gasteiger partial charge in [-0.25, -0.2) is 9.67 Å². The Morgan fingerprint density at radius 3 is 2.90 bits per heavy atom. The highest BCUT2D eigenvalue weighted by atomic mass is 16.1. The summed E-state index contributed by atoms with van der Waals surface area (Å²) < 4.78 is 3.55. The van der Waals surface area contributed by atoms with Gasteiger partial charge in [0.2, 0.25) is 0 Å². The first-order chi connectivity index (χ1) is 14.7. The van der Waals surface area contributed by atoms with Crippen LogP contribution in [0.2, 0.25) is 0 Å². The van der Waals surface area contributed by atoms with E-state index in [1.807, 2.05) is 4.57 Å². The van der Waals surface area contributed by atoms with Crippen LogP contribution in [0.5, 0.6) is 0 Å². The maximum atomic E-state index is 11.9. The molecule has 1 aliphatic carbocycles. The molecule has 3 aromatic rings. The number of carbonyl (C=O) groups excluding carboxylic acids is 1. The molecule has 30 heavy (non-hydrogen) atoms. The average molecular weight is 407 g/mol. The van der Waals surface area contributed by atoms with Gasteiger partial charge in [-0.3, -0.25) is 9.36 Å². The quantitative estimate of drug-likeness (QED) is 0.691. The Labute approximate surface area is 174 Å². The van der Waals surface area contributed by atoms with Gasteiger partial charge in [-0.2, -0.15) is 10.1 Å². The van der Waals surface area contributed by atoms with Gasteiger partial charge in [0.25, 0.3) is 11.9 Å². The maximum Gasteiger partial charge on any atom is 0.271 e.